The molecule has 1 fully saturated rings. The topological polar surface area (TPSA) is 82.0 Å². The van der Waals surface area contributed by atoms with Crippen molar-refractivity contribution < 1.29 is 24.1 Å². The fraction of sp³-hybridized carbons (Fsp3) is 0.292. The molecular formula is C24H23FN2O4. The van der Waals surface area contributed by atoms with Crippen molar-refractivity contribution in [2.24, 2.45) is 0 Å². The molecule has 0 radical (unpaired) electrons. The van der Waals surface area contributed by atoms with Crippen molar-refractivity contribution in [2.75, 3.05) is 25.0 Å². The Kier molecular flexibility index (Phi) is 4.89. The van der Waals surface area contributed by atoms with Gasteiger partial charge in [-0.05, 0) is 65.6 Å². The Labute approximate surface area is 179 Å². The van der Waals surface area contributed by atoms with Crippen molar-refractivity contribution in [3.05, 3.63) is 82.9 Å². The lowest BCUT2D eigenvalue weighted by Crippen LogP contribution is -2.33. The van der Waals surface area contributed by atoms with Gasteiger partial charge in [0.15, 0.2) is 0 Å². The third-order valence-corrected chi connectivity index (χ3v) is 6.00. The summed E-state index contributed by atoms with van der Waals surface area (Å²) in [6.45, 7) is 1.25. The fourth-order valence-corrected chi connectivity index (χ4v) is 4.42. The van der Waals surface area contributed by atoms with Crippen LogP contribution in [0.3, 0.4) is 0 Å². The lowest BCUT2D eigenvalue weighted by molar-refractivity contribution is -0.116. The first kappa shape index (κ1) is 19.9. The number of nitrogens with zero attached hydrogens (tertiary/aromatic N) is 1. The third kappa shape index (κ3) is 3.99. The maximum atomic E-state index is 13.1. The quantitative estimate of drug-likeness (QED) is 0.690. The normalized spacial score (nSPS) is 23.5. The number of fused-ring (bicyclic) bond motifs is 2. The number of aryl methyl sites for hydroxylation is 1. The van der Waals surface area contributed by atoms with E-state index in [9.17, 15) is 19.4 Å². The van der Waals surface area contributed by atoms with Gasteiger partial charge in [0.1, 0.15) is 22.9 Å². The minimum atomic E-state index is -1.13. The van der Waals surface area contributed by atoms with Crippen molar-refractivity contribution in [1.82, 2.24) is 4.90 Å². The molecule has 1 amide bonds. The summed E-state index contributed by atoms with van der Waals surface area (Å²) in [6, 6.07) is 11.3. The van der Waals surface area contributed by atoms with E-state index in [2.05, 4.69) is 5.32 Å². The summed E-state index contributed by atoms with van der Waals surface area (Å²) < 4.78 is 18.8. The average molecular weight is 422 g/mol. The molecule has 0 spiro atoms. The van der Waals surface area contributed by atoms with Crippen molar-refractivity contribution >= 4 is 11.6 Å². The van der Waals surface area contributed by atoms with Gasteiger partial charge in [-0.15, -0.1) is 0 Å². The summed E-state index contributed by atoms with van der Waals surface area (Å²) >= 11 is 0. The van der Waals surface area contributed by atoms with E-state index in [-0.39, 0.29) is 11.7 Å². The van der Waals surface area contributed by atoms with Crippen molar-refractivity contribution in [3.8, 4) is 5.75 Å². The third-order valence-electron chi connectivity index (χ3n) is 6.00. The Morgan fingerprint density at radius 1 is 1.19 bits per heavy atom. The summed E-state index contributed by atoms with van der Waals surface area (Å²) in [4.78, 5) is 13.5. The first-order valence-electron chi connectivity index (χ1n) is 10.3. The predicted molar refractivity (Wildman–Crippen MR) is 113 cm³/mol. The maximum absolute atomic E-state index is 13.1. The van der Waals surface area contributed by atoms with Gasteiger partial charge in [-0.2, -0.15) is 0 Å². The molecule has 7 heteroatoms. The maximum Gasteiger partial charge on any atom is 0.224 e. The number of hydrogen-bond donors (Lipinski definition) is 3. The molecule has 3 aliphatic rings. The highest BCUT2D eigenvalue weighted by Crippen LogP contribution is 2.37. The summed E-state index contributed by atoms with van der Waals surface area (Å²) in [5.74, 6) is 0.714. The van der Waals surface area contributed by atoms with Crippen LogP contribution >= 0.6 is 0 Å². The van der Waals surface area contributed by atoms with Gasteiger partial charge in [-0.3, -0.25) is 9.69 Å². The SMILES string of the molecule is O=C1CCc2cc([C@@H](O)CN3CC4=CC(Oc5ccc(F)cc5)=C[C@]4(O)C3)ccc2N1. The number of aliphatic hydroxyl groups is 2. The number of allylic oxidation sites excluding steroid dienone is 1. The van der Waals surface area contributed by atoms with Crippen molar-refractivity contribution in [1.29, 1.82) is 0 Å². The number of anilines is 1. The van der Waals surface area contributed by atoms with E-state index in [1.807, 2.05) is 23.1 Å². The molecule has 160 valence electrons. The van der Waals surface area contributed by atoms with Crippen LogP contribution in [0.25, 0.3) is 0 Å². The number of amides is 1. The molecule has 2 aromatic carbocycles. The standard InChI is InChI=1S/C24H23FN2O4/c25-18-3-5-19(6-4-18)31-20-10-17-12-27(14-24(17,30)11-20)13-22(28)16-1-7-21-15(9-16)2-8-23(29)26-21/h1,3-7,9-11,22,28,30H,2,8,12-14H2,(H,26,29)/t22-,24-/m0/s1. The van der Waals surface area contributed by atoms with Crippen LogP contribution in [-0.2, 0) is 11.2 Å². The molecule has 6 nitrogen and oxygen atoms in total. The van der Waals surface area contributed by atoms with Gasteiger partial charge in [0.2, 0.25) is 5.91 Å². The second kappa shape index (κ2) is 7.60. The first-order valence-corrected chi connectivity index (χ1v) is 10.3. The zero-order valence-electron chi connectivity index (χ0n) is 16.8. The molecule has 5 rings (SSSR count). The molecule has 2 aromatic rings. The lowest BCUT2D eigenvalue weighted by Gasteiger charge is -2.23. The van der Waals surface area contributed by atoms with Gasteiger partial charge in [-0.25, -0.2) is 4.39 Å². The summed E-state index contributed by atoms with van der Waals surface area (Å²) in [5, 5.41) is 24.6. The molecule has 0 bridgehead atoms. The molecule has 1 saturated heterocycles. The fourth-order valence-electron chi connectivity index (χ4n) is 4.42. The molecule has 0 aromatic heterocycles. The molecule has 0 saturated carbocycles. The first-order chi connectivity index (χ1) is 14.9. The van der Waals surface area contributed by atoms with Crippen LogP contribution in [0.15, 0.2) is 65.9 Å². The number of carbonyl (C=O) groups excluding carboxylic acids is 1. The smallest absolute Gasteiger partial charge is 0.224 e. The van der Waals surface area contributed by atoms with Crippen LogP contribution in [0.4, 0.5) is 10.1 Å². The highest BCUT2D eigenvalue weighted by atomic mass is 19.1. The lowest BCUT2D eigenvalue weighted by atomic mass is 9.98. The summed E-state index contributed by atoms with van der Waals surface area (Å²) in [7, 11) is 0. The number of benzene rings is 2. The van der Waals surface area contributed by atoms with E-state index < -0.39 is 11.7 Å². The molecular weight excluding hydrogens is 399 g/mol. The predicted octanol–water partition coefficient (Wildman–Crippen LogP) is 2.69. The van der Waals surface area contributed by atoms with Gasteiger partial charge in [0, 0.05) is 31.7 Å². The Bertz CT molecular complexity index is 1100. The van der Waals surface area contributed by atoms with E-state index in [1.54, 1.807) is 24.3 Å². The molecule has 3 N–H and O–H groups in total. The van der Waals surface area contributed by atoms with Crippen molar-refractivity contribution in [2.45, 2.75) is 24.5 Å². The largest absolute Gasteiger partial charge is 0.458 e. The molecule has 2 atom stereocenters. The van der Waals surface area contributed by atoms with Crippen LogP contribution in [-0.4, -0.2) is 46.3 Å². The van der Waals surface area contributed by atoms with E-state index >= 15 is 0 Å². The van der Waals surface area contributed by atoms with Crippen molar-refractivity contribution in [3.63, 3.8) is 0 Å². The number of hydrogen-bond acceptors (Lipinski definition) is 5. The Balaban J connectivity index is 1.23. The number of carbonyl (C=O) groups is 1. The van der Waals surface area contributed by atoms with E-state index in [1.165, 1.54) is 12.1 Å². The second-order valence-electron chi connectivity index (χ2n) is 8.35. The number of nitrogens with one attached hydrogen (secondary N) is 1. The molecule has 1 aliphatic carbocycles. The second-order valence-corrected chi connectivity index (χ2v) is 8.35. The van der Waals surface area contributed by atoms with Gasteiger partial charge >= 0.3 is 0 Å². The summed E-state index contributed by atoms with van der Waals surface area (Å²) in [6.07, 6.45) is 3.88. The number of halogens is 1. The van der Waals surface area contributed by atoms with Crippen LogP contribution in [0.2, 0.25) is 0 Å². The monoisotopic (exact) mass is 422 g/mol. The highest BCUT2D eigenvalue weighted by molar-refractivity contribution is 5.93. The number of aliphatic hydroxyl groups excluding tert-OH is 1. The minimum absolute atomic E-state index is 0.0155. The zero-order valence-corrected chi connectivity index (χ0v) is 16.8. The Morgan fingerprint density at radius 3 is 2.77 bits per heavy atom. The average Bonchev–Trinajstić information content (AvgIpc) is 3.19. The van der Waals surface area contributed by atoms with Crippen LogP contribution in [0.5, 0.6) is 5.75 Å². The number of rotatable bonds is 5. The molecule has 2 aliphatic heterocycles. The number of β-amino-alcohol motifs (C(OH)–C–C–N with tert-alkyl or cyclic N) is 2. The van der Waals surface area contributed by atoms with E-state index in [0.29, 0.717) is 44.0 Å². The van der Waals surface area contributed by atoms with Gasteiger partial charge in [0.05, 0.1) is 6.10 Å². The Hall–Kier alpha value is -3.00. The van der Waals surface area contributed by atoms with Gasteiger partial charge in [-0.1, -0.05) is 12.1 Å². The Morgan fingerprint density at radius 2 is 2.00 bits per heavy atom. The van der Waals surface area contributed by atoms with Crippen LogP contribution in [0.1, 0.15) is 23.7 Å². The van der Waals surface area contributed by atoms with Crippen LogP contribution in [0, 0.1) is 5.82 Å². The molecule has 2 heterocycles. The van der Waals surface area contributed by atoms with E-state index in [0.717, 1.165) is 22.4 Å². The molecule has 31 heavy (non-hydrogen) atoms. The van der Waals surface area contributed by atoms with Crippen LogP contribution < -0.4 is 10.1 Å². The summed E-state index contributed by atoms with van der Waals surface area (Å²) in [5.41, 5.74) is 2.31. The molecule has 0 unspecified atom stereocenters. The highest BCUT2D eigenvalue weighted by Gasteiger charge is 2.43. The van der Waals surface area contributed by atoms with Gasteiger partial charge in [0.25, 0.3) is 0 Å². The minimum Gasteiger partial charge on any atom is -0.458 e. The number of ether oxygens (including phenoxy) is 1. The van der Waals surface area contributed by atoms with E-state index in [4.69, 9.17) is 4.74 Å². The van der Waals surface area contributed by atoms with Gasteiger partial charge < -0.3 is 20.3 Å². The number of likely N-dealkylation sites (tertiary alicyclic amines) is 1. The zero-order chi connectivity index (χ0) is 21.6.